The third kappa shape index (κ3) is 3.53. The summed E-state index contributed by atoms with van der Waals surface area (Å²) in [5.74, 6) is -0.00480. The van der Waals surface area contributed by atoms with Gasteiger partial charge in [0.2, 0.25) is 11.8 Å². The fourth-order valence-electron chi connectivity index (χ4n) is 4.68. The molecule has 32 heavy (non-hydrogen) atoms. The van der Waals surface area contributed by atoms with Crippen LogP contribution in [0.2, 0.25) is 0 Å². The lowest BCUT2D eigenvalue weighted by molar-refractivity contribution is -0.167. The molecule has 5 rings (SSSR count). The zero-order valence-corrected chi connectivity index (χ0v) is 17.5. The number of anilines is 1. The maximum Gasteiger partial charge on any atom is 0.431 e. The summed E-state index contributed by atoms with van der Waals surface area (Å²) in [6.07, 6.45) is 1.37. The van der Waals surface area contributed by atoms with Gasteiger partial charge in [0.25, 0.3) is 0 Å². The molecule has 3 aliphatic heterocycles. The number of hydrogen-bond acceptors (Lipinski definition) is 4. The third-order valence-corrected chi connectivity index (χ3v) is 6.31. The molecule has 0 atom stereocenters. The minimum atomic E-state index is -4.45. The average molecular weight is 445 g/mol. The molecule has 1 aromatic heterocycles. The van der Waals surface area contributed by atoms with Crippen molar-refractivity contribution in [3.05, 3.63) is 48.3 Å². The molecule has 0 radical (unpaired) electrons. The van der Waals surface area contributed by atoms with Crippen LogP contribution in [0.25, 0.3) is 10.9 Å². The fourth-order valence-corrected chi connectivity index (χ4v) is 4.68. The van der Waals surface area contributed by atoms with Crippen LogP contribution < -0.4 is 4.90 Å². The van der Waals surface area contributed by atoms with E-state index in [1.165, 1.54) is 15.7 Å². The number of likely N-dealkylation sites (tertiary alicyclic amines) is 2. The molecule has 2 saturated heterocycles. The average Bonchev–Trinajstić information content (AvgIpc) is 3.06. The van der Waals surface area contributed by atoms with Gasteiger partial charge in [0.15, 0.2) is 0 Å². The fraction of sp³-hybridized carbons (Fsp3) is 0.409. The van der Waals surface area contributed by atoms with Gasteiger partial charge in [-0.25, -0.2) is 0 Å². The van der Waals surface area contributed by atoms with Crippen molar-refractivity contribution < 1.29 is 22.8 Å². The number of halogens is 3. The smallest absolute Gasteiger partial charge is 0.341 e. The largest absolute Gasteiger partial charge is 0.431 e. The Kier molecular flexibility index (Phi) is 4.58. The highest BCUT2D eigenvalue weighted by molar-refractivity contribution is 5.84. The van der Waals surface area contributed by atoms with Gasteiger partial charge in [-0.3, -0.25) is 14.3 Å². The maximum absolute atomic E-state index is 13.4. The Hall–Kier alpha value is -3.30. The first-order chi connectivity index (χ1) is 15.1. The number of hydrogen-bond donors (Lipinski definition) is 0. The van der Waals surface area contributed by atoms with Gasteiger partial charge < -0.3 is 14.7 Å². The summed E-state index contributed by atoms with van der Waals surface area (Å²) in [6, 6.07) is 4.93. The van der Waals surface area contributed by atoms with E-state index >= 15 is 0 Å². The quantitative estimate of drug-likeness (QED) is 0.729. The second-order valence-corrected chi connectivity index (χ2v) is 8.78. The monoisotopic (exact) mass is 445 g/mol. The first-order valence-corrected chi connectivity index (χ1v) is 10.4. The van der Waals surface area contributed by atoms with Gasteiger partial charge >= 0.3 is 6.18 Å². The summed E-state index contributed by atoms with van der Waals surface area (Å²) in [5.41, 5.74) is 0.356. The van der Waals surface area contributed by atoms with E-state index in [0.717, 1.165) is 6.08 Å². The number of aromatic nitrogens is 2. The van der Waals surface area contributed by atoms with Crippen LogP contribution in [0.5, 0.6) is 0 Å². The summed E-state index contributed by atoms with van der Waals surface area (Å²) >= 11 is 0. The van der Waals surface area contributed by atoms with E-state index in [2.05, 4.69) is 5.10 Å². The summed E-state index contributed by atoms with van der Waals surface area (Å²) < 4.78 is 41.7. The van der Waals surface area contributed by atoms with Crippen molar-refractivity contribution in [3.63, 3.8) is 0 Å². The molecule has 7 nitrogen and oxygen atoms in total. The van der Waals surface area contributed by atoms with Gasteiger partial charge in [0.05, 0.1) is 5.52 Å². The SMILES string of the molecule is CC(=O)N1CC2(C1)CN(C(=O)Cn1cc3cc(N4CC=CC=C4C(F)(F)F)ccc3n1)C2. The molecular formula is C22H22F3N5O2. The molecule has 0 aliphatic carbocycles. The van der Waals surface area contributed by atoms with Gasteiger partial charge in [0, 0.05) is 62.3 Å². The minimum Gasteiger partial charge on any atom is -0.341 e. The highest BCUT2D eigenvalue weighted by Gasteiger charge is 2.53. The number of amides is 2. The molecule has 10 heteroatoms. The normalized spacial score (nSPS) is 19.8. The number of benzene rings is 1. The Bertz CT molecular complexity index is 1150. The maximum atomic E-state index is 13.4. The van der Waals surface area contributed by atoms with Crippen molar-refractivity contribution in [3.8, 4) is 0 Å². The van der Waals surface area contributed by atoms with Gasteiger partial charge in [-0.2, -0.15) is 18.3 Å². The van der Waals surface area contributed by atoms with Crippen LogP contribution in [-0.4, -0.2) is 70.3 Å². The van der Waals surface area contributed by atoms with E-state index in [0.29, 0.717) is 42.8 Å². The van der Waals surface area contributed by atoms with E-state index in [-0.39, 0.29) is 30.3 Å². The van der Waals surface area contributed by atoms with E-state index in [1.807, 2.05) is 0 Å². The highest BCUT2D eigenvalue weighted by Crippen LogP contribution is 2.39. The second-order valence-electron chi connectivity index (χ2n) is 8.78. The molecule has 2 amide bonds. The van der Waals surface area contributed by atoms with E-state index in [4.69, 9.17) is 0 Å². The first-order valence-electron chi connectivity index (χ1n) is 10.4. The Morgan fingerprint density at radius 3 is 2.53 bits per heavy atom. The van der Waals surface area contributed by atoms with Gasteiger partial charge in [-0.05, 0) is 24.3 Å². The predicted octanol–water partition coefficient (Wildman–Crippen LogP) is 2.55. The predicted molar refractivity (Wildman–Crippen MR) is 112 cm³/mol. The lowest BCUT2D eigenvalue weighted by Gasteiger charge is -2.60. The first kappa shape index (κ1) is 20.6. The minimum absolute atomic E-state index is 0.0393. The van der Waals surface area contributed by atoms with Crippen LogP contribution in [0.4, 0.5) is 18.9 Å². The molecule has 4 heterocycles. The molecule has 2 fully saturated rings. The number of allylic oxidation sites excluding steroid dienone is 3. The van der Waals surface area contributed by atoms with Crippen LogP contribution in [-0.2, 0) is 16.1 Å². The highest BCUT2D eigenvalue weighted by atomic mass is 19.4. The lowest BCUT2D eigenvalue weighted by atomic mass is 9.73. The van der Waals surface area contributed by atoms with Gasteiger partial charge in [0.1, 0.15) is 12.2 Å². The summed E-state index contributed by atoms with van der Waals surface area (Å²) in [6.45, 7) is 4.40. The van der Waals surface area contributed by atoms with Crippen molar-refractivity contribution in [1.82, 2.24) is 19.6 Å². The van der Waals surface area contributed by atoms with Crippen LogP contribution in [0.3, 0.4) is 0 Å². The van der Waals surface area contributed by atoms with Crippen molar-refractivity contribution in [1.29, 1.82) is 0 Å². The third-order valence-electron chi connectivity index (χ3n) is 6.31. The number of nitrogens with zero attached hydrogens (tertiary/aromatic N) is 5. The lowest BCUT2D eigenvalue weighted by Crippen LogP contribution is -2.73. The van der Waals surface area contributed by atoms with E-state index in [1.54, 1.807) is 47.2 Å². The van der Waals surface area contributed by atoms with Gasteiger partial charge in [-0.1, -0.05) is 12.2 Å². The molecule has 2 aromatic rings. The number of carbonyl (C=O) groups excluding carboxylic acids is 2. The summed E-state index contributed by atoms with van der Waals surface area (Å²) in [7, 11) is 0. The van der Waals surface area contributed by atoms with Crippen molar-refractivity contribution in [2.24, 2.45) is 5.41 Å². The zero-order valence-electron chi connectivity index (χ0n) is 17.5. The molecule has 0 saturated carbocycles. The number of carbonyl (C=O) groups is 2. The Balaban J connectivity index is 1.26. The van der Waals surface area contributed by atoms with Crippen LogP contribution in [0, 0.1) is 5.41 Å². The summed E-state index contributed by atoms with van der Waals surface area (Å²) in [4.78, 5) is 28.7. The zero-order chi connectivity index (χ0) is 22.7. The number of alkyl halides is 3. The van der Waals surface area contributed by atoms with Crippen LogP contribution in [0.1, 0.15) is 6.92 Å². The standard InChI is InChI=1S/C22H22F3N5O2/c1-15(31)27-11-21(12-27)13-28(14-21)20(32)10-29-9-16-8-17(5-6-18(16)26-29)30-7-3-2-4-19(30)22(23,24)25/h2-6,8-9H,7,10-14H2,1H3. The summed E-state index contributed by atoms with van der Waals surface area (Å²) in [5, 5.41) is 5.07. The molecule has 1 spiro atoms. The van der Waals surface area contributed by atoms with Crippen molar-refractivity contribution in [2.45, 2.75) is 19.6 Å². The second kappa shape index (κ2) is 7.11. The number of fused-ring (bicyclic) bond motifs is 1. The Morgan fingerprint density at radius 2 is 1.84 bits per heavy atom. The van der Waals surface area contributed by atoms with Gasteiger partial charge in [-0.15, -0.1) is 0 Å². The molecule has 0 bridgehead atoms. The Labute approximate surface area is 182 Å². The van der Waals surface area contributed by atoms with Crippen molar-refractivity contribution in [2.75, 3.05) is 37.6 Å². The van der Waals surface area contributed by atoms with Crippen molar-refractivity contribution >= 4 is 28.4 Å². The molecular weight excluding hydrogens is 423 g/mol. The Morgan fingerprint density at radius 1 is 1.12 bits per heavy atom. The topological polar surface area (TPSA) is 61.7 Å². The van der Waals surface area contributed by atoms with E-state index < -0.39 is 11.9 Å². The van der Waals surface area contributed by atoms with Crippen LogP contribution in [0.15, 0.2) is 48.3 Å². The number of rotatable bonds is 3. The molecule has 168 valence electrons. The molecule has 1 aromatic carbocycles. The molecule has 0 unspecified atom stereocenters. The van der Waals surface area contributed by atoms with Crippen LogP contribution >= 0.6 is 0 Å². The molecule has 0 N–H and O–H groups in total. The molecule has 3 aliphatic rings. The van der Waals surface area contributed by atoms with E-state index in [9.17, 15) is 22.8 Å².